The number of carbonyl (C=O) groups is 1. The summed E-state index contributed by atoms with van der Waals surface area (Å²) in [4.78, 5) is 17.3. The van der Waals surface area contributed by atoms with Crippen molar-refractivity contribution in [2.24, 2.45) is 0 Å². The molecule has 1 aromatic carbocycles. The lowest BCUT2D eigenvalue weighted by Crippen LogP contribution is -2.13. The van der Waals surface area contributed by atoms with E-state index in [0.717, 1.165) is 10.4 Å². The fraction of sp³-hybridized carbons (Fsp3) is 0.0556. The molecule has 1 amide bonds. The zero-order valence-electron chi connectivity index (χ0n) is 13.2. The van der Waals surface area contributed by atoms with Gasteiger partial charge in [0.05, 0.1) is 6.26 Å². The maximum Gasteiger partial charge on any atom is 0.268 e. The summed E-state index contributed by atoms with van der Waals surface area (Å²) in [5, 5.41) is 13.4. The first-order valence-electron chi connectivity index (χ1n) is 7.40. The Morgan fingerprint density at radius 3 is 2.96 bits per heavy atom. The van der Waals surface area contributed by atoms with Crippen molar-refractivity contribution in [3.8, 4) is 6.07 Å². The van der Waals surface area contributed by atoms with Gasteiger partial charge in [0.2, 0.25) is 0 Å². The van der Waals surface area contributed by atoms with Gasteiger partial charge in [-0.3, -0.25) is 10.1 Å². The highest BCUT2D eigenvalue weighted by atomic mass is 35.5. The van der Waals surface area contributed by atoms with Crippen molar-refractivity contribution in [3.05, 3.63) is 74.6 Å². The van der Waals surface area contributed by atoms with Gasteiger partial charge in [-0.1, -0.05) is 23.2 Å². The Morgan fingerprint density at radius 1 is 1.38 bits per heavy atom. The largest absolute Gasteiger partial charge is 0.465 e. The lowest BCUT2D eigenvalue weighted by atomic mass is 10.1. The summed E-state index contributed by atoms with van der Waals surface area (Å²) in [6, 6.07) is 10.4. The molecule has 0 atom stereocenters. The summed E-state index contributed by atoms with van der Waals surface area (Å²) in [6.07, 6.45) is 5.03. The van der Waals surface area contributed by atoms with E-state index in [9.17, 15) is 4.79 Å². The van der Waals surface area contributed by atoms with Crippen LogP contribution in [0.25, 0.3) is 6.08 Å². The second kappa shape index (κ2) is 8.19. The molecular formula is C18H11Cl2N3O2S. The van der Waals surface area contributed by atoms with Gasteiger partial charge in [0, 0.05) is 33.6 Å². The van der Waals surface area contributed by atoms with Gasteiger partial charge < -0.3 is 4.42 Å². The van der Waals surface area contributed by atoms with E-state index in [-0.39, 0.29) is 5.57 Å². The molecule has 2 aromatic heterocycles. The smallest absolute Gasteiger partial charge is 0.268 e. The van der Waals surface area contributed by atoms with Gasteiger partial charge in [-0.15, -0.1) is 11.3 Å². The van der Waals surface area contributed by atoms with Gasteiger partial charge in [0.1, 0.15) is 17.4 Å². The first kappa shape index (κ1) is 18.2. The molecule has 5 nitrogen and oxygen atoms in total. The molecule has 0 unspecified atom stereocenters. The number of hydrogen-bond donors (Lipinski definition) is 1. The Hall–Kier alpha value is -2.59. The van der Waals surface area contributed by atoms with E-state index in [1.807, 2.05) is 6.07 Å². The molecular weight excluding hydrogens is 393 g/mol. The molecule has 0 bridgehead atoms. The molecule has 1 N–H and O–H groups in total. The van der Waals surface area contributed by atoms with E-state index < -0.39 is 5.91 Å². The van der Waals surface area contributed by atoms with Crippen LogP contribution >= 0.6 is 34.5 Å². The highest BCUT2D eigenvalue weighted by Gasteiger charge is 2.13. The van der Waals surface area contributed by atoms with E-state index >= 15 is 0 Å². The third-order valence-corrected chi connectivity index (χ3v) is 4.86. The molecule has 2 heterocycles. The van der Waals surface area contributed by atoms with Gasteiger partial charge in [-0.05, 0) is 35.9 Å². The normalized spacial score (nSPS) is 11.2. The fourth-order valence-corrected chi connectivity index (χ4v) is 3.35. The molecule has 0 fully saturated rings. The molecule has 8 heteroatoms. The summed E-state index contributed by atoms with van der Waals surface area (Å²) in [5.41, 5.74) is 0.797. The van der Waals surface area contributed by atoms with Crippen molar-refractivity contribution in [3.63, 3.8) is 0 Å². The van der Waals surface area contributed by atoms with Crippen LogP contribution < -0.4 is 5.32 Å². The Kier molecular flexibility index (Phi) is 5.74. The third-order valence-electron chi connectivity index (χ3n) is 3.34. The average Bonchev–Trinajstić information content (AvgIpc) is 3.28. The monoisotopic (exact) mass is 403 g/mol. The number of carbonyl (C=O) groups excluding carboxylic acids is 1. The summed E-state index contributed by atoms with van der Waals surface area (Å²) >= 11 is 13.5. The van der Waals surface area contributed by atoms with Crippen LogP contribution in [-0.4, -0.2) is 10.9 Å². The molecule has 0 spiro atoms. The topological polar surface area (TPSA) is 78.9 Å². The van der Waals surface area contributed by atoms with Crippen LogP contribution in [0.3, 0.4) is 0 Å². The van der Waals surface area contributed by atoms with Gasteiger partial charge in [0.15, 0.2) is 5.13 Å². The Morgan fingerprint density at radius 2 is 2.23 bits per heavy atom. The minimum absolute atomic E-state index is 0.0745. The number of thiazole rings is 1. The van der Waals surface area contributed by atoms with Gasteiger partial charge in [0.25, 0.3) is 5.91 Å². The lowest BCUT2D eigenvalue weighted by Gasteiger charge is -2.02. The number of rotatable bonds is 5. The second-order valence-electron chi connectivity index (χ2n) is 5.18. The Bertz CT molecular complexity index is 1000. The first-order valence-corrected chi connectivity index (χ1v) is 8.97. The summed E-state index contributed by atoms with van der Waals surface area (Å²) < 4.78 is 5.11. The Labute approximate surface area is 163 Å². The standard InChI is InChI=1S/C18H11Cl2N3O2S/c19-13-3-4-16(20)11(6-13)8-15-10-22-18(26-15)23-17(24)12(9-21)7-14-2-1-5-25-14/h1-7,10H,8H2,(H,22,23,24). The van der Waals surface area contributed by atoms with Crippen LogP contribution in [0.2, 0.25) is 10.0 Å². The van der Waals surface area contributed by atoms with E-state index in [2.05, 4.69) is 10.3 Å². The van der Waals surface area contributed by atoms with Crippen molar-refractivity contribution in [1.29, 1.82) is 5.26 Å². The van der Waals surface area contributed by atoms with E-state index in [1.165, 1.54) is 23.7 Å². The maximum absolute atomic E-state index is 12.2. The van der Waals surface area contributed by atoms with Crippen LogP contribution in [0.5, 0.6) is 0 Å². The van der Waals surface area contributed by atoms with Crippen LogP contribution in [0, 0.1) is 11.3 Å². The van der Waals surface area contributed by atoms with Crippen LogP contribution in [0.1, 0.15) is 16.2 Å². The molecule has 0 aliphatic rings. The summed E-state index contributed by atoms with van der Waals surface area (Å²) in [6.45, 7) is 0. The van der Waals surface area contributed by atoms with Crippen molar-refractivity contribution in [2.75, 3.05) is 5.32 Å². The number of benzene rings is 1. The van der Waals surface area contributed by atoms with Crippen LogP contribution in [0.4, 0.5) is 5.13 Å². The maximum atomic E-state index is 12.2. The molecule has 0 saturated heterocycles. The van der Waals surface area contributed by atoms with Gasteiger partial charge in [-0.2, -0.15) is 5.26 Å². The molecule has 130 valence electrons. The van der Waals surface area contributed by atoms with E-state index in [1.54, 1.807) is 36.5 Å². The summed E-state index contributed by atoms with van der Waals surface area (Å²) in [5.74, 6) is -0.127. The number of aromatic nitrogens is 1. The minimum atomic E-state index is -0.550. The van der Waals surface area contributed by atoms with Crippen LogP contribution in [0.15, 0.2) is 52.8 Å². The zero-order chi connectivity index (χ0) is 18.5. The number of nitriles is 1. The molecule has 0 aliphatic carbocycles. The first-order chi connectivity index (χ1) is 12.5. The van der Waals surface area contributed by atoms with Crippen molar-refractivity contribution in [2.45, 2.75) is 6.42 Å². The van der Waals surface area contributed by atoms with Crippen molar-refractivity contribution >= 4 is 51.7 Å². The highest BCUT2D eigenvalue weighted by Crippen LogP contribution is 2.27. The van der Waals surface area contributed by atoms with Crippen LogP contribution in [-0.2, 0) is 11.2 Å². The second-order valence-corrected chi connectivity index (χ2v) is 7.14. The van der Waals surface area contributed by atoms with E-state index in [4.69, 9.17) is 32.9 Å². The highest BCUT2D eigenvalue weighted by molar-refractivity contribution is 7.15. The number of furan rings is 1. The number of anilines is 1. The summed E-state index contributed by atoms with van der Waals surface area (Å²) in [7, 11) is 0. The molecule has 0 aliphatic heterocycles. The minimum Gasteiger partial charge on any atom is -0.465 e. The average molecular weight is 404 g/mol. The van der Waals surface area contributed by atoms with Crippen molar-refractivity contribution < 1.29 is 9.21 Å². The molecule has 3 rings (SSSR count). The van der Waals surface area contributed by atoms with E-state index in [0.29, 0.717) is 27.4 Å². The molecule has 0 radical (unpaired) electrons. The molecule has 3 aromatic rings. The van der Waals surface area contributed by atoms with Gasteiger partial charge in [-0.25, -0.2) is 4.98 Å². The Balaban J connectivity index is 1.71. The molecule has 0 saturated carbocycles. The zero-order valence-corrected chi connectivity index (χ0v) is 15.5. The fourth-order valence-electron chi connectivity index (χ4n) is 2.14. The number of hydrogen-bond acceptors (Lipinski definition) is 5. The quantitative estimate of drug-likeness (QED) is 0.470. The van der Waals surface area contributed by atoms with Gasteiger partial charge >= 0.3 is 0 Å². The number of nitrogens with zero attached hydrogens (tertiary/aromatic N) is 2. The SMILES string of the molecule is N#CC(=Cc1ccco1)C(=O)Nc1ncc(Cc2cc(Cl)ccc2Cl)s1. The van der Waals surface area contributed by atoms with Crippen molar-refractivity contribution in [1.82, 2.24) is 4.98 Å². The predicted molar refractivity (Wildman–Crippen MR) is 102 cm³/mol. The number of halogens is 2. The number of amides is 1. The number of nitrogens with one attached hydrogen (secondary N) is 1. The lowest BCUT2D eigenvalue weighted by molar-refractivity contribution is -0.112. The third kappa shape index (κ3) is 4.52. The predicted octanol–water partition coefficient (Wildman–Crippen LogP) is 5.18. The molecule has 26 heavy (non-hydrogen) atoms.